The fourth-order valence-corrected chi connectivity index (χ4v) is 12.2. The molecule has 0 aliphatic heterocycles. The second-order valence-corrected chi connectivity index (χ2v) is 23.2. The first-order chi connectivity index (χ1) is 42.9. The minimum Gasteiger partial charge on any atom is -0.310 e. The van der Waals surface area contributed by atoms with Crippen molar-refractivity contribution in [3.63, 3.8) is 0 Å². The third kappa shape index (κ3) is 10.1. The molecule has 0 saturated carbocycles. The lowest BCUT2D eigenvalue weighted by Gasteiger charge is -2.35. The van der Waals surface area contributed by atoms with E-state index in [1.54, 1.807) is 25.3 Å². The van der Waals surface area contributed by atoms with Crippen LogP contribution in [0.2, 0.25) is 0 Å². The first-order valence-corrected chi connectivity index (χ1v) is 29.8. The molecule has 0 N–H and O–H groups in total. The molecule has 0 radical (unpaired) electrons. The molecular formula is C78H64N10. The first-order valence-electron chi connectivity index (χ1n) is 29.8. The zero-order valence-electron chi connectivity index (χ0n) is 50.6. The highest BCUT2D eigenvalue weighted by molar-refractivity contribution is 6.37. The number of benzene rings is 12. The van der Waals surface area contributed by atoms with E-state index >= 15 is 0 Å². The average molecular weight is 1140 g/mol. The summed E-state index contributed by atoms with van der Waals surface area (Å²) in [6, 6.07) is 80.2. The Labute approximate surface area is 513 Å². The van der Waals surface area contributed by atoms with Crippen LogP contribution in [0.1, 0.15) is 44.5 Å². The molecular weight excluding hydrogens is 1080 g/mol. The maximum absolute atomic E-state index is 5.11. The molecule has 0 spiro atoms. The number of rotatable bonds is 14. The Morgan fingerprint density at radius 3 is 0.614 bits per heavy atom. The van der Waals surface area contributed by atoms with Gasteiger partial charge in [-0.2, -0.15) is 0 Å². The summed E-state index contributed by atoms with van der Waals surface area (Å²) in [6.07, 6.45) is 6.42. The van der Waals surface area contributed by atoms with Crippen LogP contribution < -0.4 is 19.6 Å². The second kappa shape index (κ2) is 22.7. The van der Waals surface area contributed by atoms with Crippen LogP contribution in [0, 0.1) is 55.4 Å². The van der Waals surface area contributed by atoms with Gasteiger partial charge in [0.25, 0.3) is 0 Å². The van der Waals surface area contributed by atoms with Gasteiger partial charge < -0.3 is 19.6 Å². The molecule has 14 rings (SSSR count). The first kappa shape index (κ1) is 54.8. The van der Waals surface area contributed by atoms with Crippen molar-refractivity contribution in [2.75, 3.05) is 19.6 Å². The minimum absolute atomic E-state index is 0.528. The molecule has 2 heterocycles. The van der Waals surface area contributed by atoms with Gasteiger partial charge in [-0.25, -0.2) is 29.9 Å². The fourth-order valence-electron chi connectivity index (χ4n) is 12.2. The van der Waals surface area contributed by atoms with E-state index in [9.17, 15) is 0 Å². The van der Waals surface area contributed by atoms with E-state index in [4.69, 9.17) is 19.9 Å². The summed E-state index contributed by atoms with van der Waals surface area (Å²) in [4.78, 5) is 39.0. The highest BCUT2D eigenvalue weighted by atomic mass is 15.2. The van der Waals surface area contributed by atoms with Crippen LogP contribution >= 0.6 is 0 Å². The molecule has 0 aliphatic carbocycles. The van der Waals surface area contributed by atoms with Gasteiger partial charge in [-0.15, -0.1) is 0 Å². The van der Waals surface area contributed by atoms with Crippen LogP contribution in [-0.4, -0.2) is 29.9 Å². The van der Waals surface area contributed by atoms with Crippen LogP contribution in [-0.2, 0) is 0 Å². The van der Waals surface area contributed by atoms with Gasteiger partial charge in [0, 0.05) is 88.9 Å². The Bertz CT molecular complexity index is 4320. The highest BCUT2D eigenvalue weighted by Crippen LogP contribution is 2.58. The van der Waals surface area contributed by atoms with Crippen molar-refractivity contribution in [1.29, 1.82) is 0 Å². The average Bonchev–Trinajstić information content (AvgIpc) is 0.695. The number of hydrogen-bond acceptors (Lipinski definition) is 10. The van der Waals surface area contributed by atoms with E-state index in [0.717, 1.165) is 156 Å². The predicted octanol–water partition coefficient (Wildman–Crippen LogP) is 20.6. The molecule has 12 aromatic carbocycles. The monoisotopic (exact) mass is 1140 g/mol. The molecule has 10 heteroatoms. The molecule has 0 fully saturated rings. The number of hydrogen-bond donors (Lipinski definition) is 0. The quantitative estimate of drug-likeness (QED) is 0.0981. The Morgan fingerprint density at radius 1 is 0.216 bits per heavy atom. The smallest absolute Gasteiger partial charge is 0.163 e. The van der Waals surface area contributed by atoms with Gasteiger partial charge in [0.1, 0.15) is 25.3 Å². The van der Waals surface area contributed by atoms with E-state index in [1.165, 1.54) is 0 Å². The van der Waals surface area contributed by atoms with E-state index in [-0.39, 0.29) is 0 Å². The third-order valence-electron chi connectivity index (χ3n) is 16.8. The third-order valence-corrected chi connectivity index (χ3v) is 16.8. The zero-order chi connectivity index (χ0) is 60.2. The summed E-state index contributed by atoms with van der Waals surface area (Å²) in [6.45, 7) is 17.1. The molecule has 0 unspecified atom stereocenters. The van der Waals surface area contributed by atoms with Crippen molar-refractivity contribution in [3.05, 3.63) is 288 Å². The standard InChI is InChI=1S/C78H64N10/c1-49-9-25-57(26-10-49)85(58-27-11-50(2)12-28-58)69-43-71(87(61-33-17-53(5)18-34-61)62-35-19-54(6)20-36-62)73-68(78-83-47-80-48-84-78)42-66-70(86(59-29-13-51(3)14-30-59)60-31-15-52(4)16-32-60)44-72(74-67(77-81-45-79-46-82-77)41-65(69)75(73)76(66)74)88(63-37-21-55(7)22-38-63)64-39-23-56(8)24-40-64/h9-48H,1-8H3. The zero-order valence-corrected chi connectivity index (χ0v) is 50.6. The van der Waals surface area contributed by atoms with Crippen molar-refractivity contribution >= 4 is 101 Å². The van der Waals surface area contributed by atoms with Gasteiger partial charge in [-0.1, -0.05) is 142 Å². The van der Waals surface area contributed by atoms with Gasteiger partial charge in [0.15, 0.2) is 11.6 Å². The SMILES string of the molecule is Cc1ccc(N(c2ccc(C)cc2)c2cc(N(c3ccc(C)cc3)c3ccc(C)cc3)c3c(-c4ncncn4)cc4c(N(c5ccc(C)cc5)c5ccc(C)cc5)cc(N(c5ccc(C)cc5)c5ccc(C)cc5)c5c(-c6ncncn6)cc2c3c45)cc1. The van der Waals surface area contributed by atoms with Crippen LogP contribution in [0.15, 0.2) is 244 Å². The van der Waals surface area contributed by atoms with E-state index in [1.807, 2.05) is 0 Å². The Kier molecular flexibility index (Phi) is 14.2. The van der Waals surface area contributed by atoms with Crippen molar-refractivity contribution in [3.8, 4) is 22.8 Å². The number of aromatic nitrogens is 6. The van der Waals surface area contributed by atoms with Crippen LogP contribution in [0.5, 0.6) is 0 Å². The van der Waals surface area contributed by atoms with E-state index < -0.39 is 0 Å². The summed E-state index contributed by atoms with van der Waals surface area (Å²) in [7, 11) is 0. The largest absolute Gasteiger partial charge is 0.310 e. The van der Waals surface area contributed by atoms with Gasteiger partial charge in [0.2, 0.25) is 0 Å². The van der Waals surface area contributed by atoms with Gasteiger partial charge >= 0.3 is 0 Å². The van der Waals surface area contributed by atoms with Crippen LogP contribution in [0.25, 0.3) is 55.1 Å². The van der Waals surface area contributed by atoms with Crippen LogP contribution in [0.4, 0.5) is 68.2 Å². The predicted molar refractivity (Wildman–Crippen MR) is 364 cm³/mol. The summed E-state index contributed by atoms with van der Waals surface area (Å²) in [5, 5.41) is 5.77. The van der Waals surface area contributed by atoms with Crippen LogP contribution in [0.3, 0.4) is 0 Å². The molecule has 0 aliphatic rings. The summed E-state index contributed by atoms with van der Waals surface area (Å²) in [5.41, 5.74) is 22.5. The molecule has 10 nitrogen and oxygen atoms in total. The summed E-state index contributed by atoms with van der Waals surface area (Å²) in [5.74, 6) is 1.06. The molecule has 0 atom stereocenters. The number of nitrogens with zero attached hydrogens (tertiary/aromatic N) is 10. The van der Waals surface area contributed by atoms with Gasteiger partial charge in [-0.05, 0) is 177 Å². The molecule has 0 amide bonds. The van der Waals surface area contributed by atoms with Crippen molar-refractivity contribution in [1.82, 2.24) is 29.9 Å². The molecule has 88 heavy (non-hydrogen) atoms. The fraction of sp³-hybridized carbons (Fsp3) is 0.103. The number of anilines is 12. The summed E-state index contributed by atoms with van der Waals surface area (Å²) < 4.78 is 0. The number of aryl methyl sites for hydroxylation is 8. The van der Waals surface area contributed by atoms with E-state index in [2.05, 4.69) is 303 Å². The maximum atomic E-state index is 5.11. The lowest BCUT2D eigenvalue weighted by atomic mass is 9.84. The Morgan fingerprint density at radius 2 is 0.409 bits per heavy atom. The molecule has 2 aromatic heterocycles. The van der Waals surface area contributed by atoms with Gasteiger partial charge in [-0.3, -0.25) is 0 Å². The van der Waals surface area contributed by atoms with Crippen molar-refractivity contribution in [2.45, 2.75) is 55.4 Å². The normalized spacial score (nSPS) is 11.4. The maximum Gasteiger partial charge on any atom is 0.163 e. The van der Waals surface area contributed by atoms with Crippen molar-refractivity contribution in [2.24, 2.45) is 0 Å². The molecule has 0 saturated heterocycles. The molecule has 14 aromatic rings. The molecule has 426 valence electrons. The second-order valence-electron chi connectivity index (χ2n) is 23.2. The topological polar surface area (TPSA) is 90.3 Å². The van der Waals surface area contributed by atoms with E-state index in [0.29, 0.717) is 11.6 Å². The molecule has 0 bridgehead atoms. The van der Waals surface area contributed by atoms with Crippen molar-refractivity contribution < 1.29 is 0 Å². The lowest BCUT2D eigenvalue weighted by molar-refractivity contribution is 1.06. The highest BCUT2D eigenvalue weighted by Gasteiger charge is 2.33. The van der Waals surface area contributed by atoms with Gasteiger partial charge in [0.05, 0.1) is 22.7 Å². The minimum atomic E-state index is 0.528. The Hall–Kier alpha value is -11.1. The Balaban J connectivity index is 1.29. The lowest BCUT2D eigenvalue weighted by Crippen LogP contribution is -2.17. The summed E-state index contributed by atoms with van der Waals surface area (Å²) >= 11 is 0.